The number of anilines is 1. The van der Waals surface area contributed by atoms with E-state index >= 15 is 0 Å². The predicted molar refractivity (Wildman–Crippen MR) is 140 cm³/mol. The smallest absolute Gasteiger partial charge is 0.193 e. The van der Waals surface area contributed by atoms with E-state index in [1.54, 1.807) is 25.1 Å². The lowest BCUT2D eigenvalue weighted by molar-refractivity contribution is 0.429. The lowest BCUT2D eigenvalue weighted by Crippen LogP contribution is -2.16. The molecule has 1 aliphatic rings. The largest absolute Gasteiger partial charge is 0.505 e. The normalized spacial score (nSPS) is 12.0. The Hall–Kier alpha value is -2.89. The van der Waals surface area contributed by atoms with E-state index in [-0.39, 0.29) is 17.6 Å². The van der Waals surface area contributed by atoms with Gasteiger partial charge in [-0.3, -0.25) is 4.79 Å². The van der Waals surface area contributed by atoms with Crippen LogP contribution in [0.15, 0.2) is 35.3 Å². The second-order valence-corrected chi connectivity index (χ2v) is 9.45. The molecule has 6 heteroatoms. The van der Waals surface area contributed by atoms with Gasteiger partial charge in [-0.25, -0.2) is 9.37 Å². The molecule has 0 saturated heterocycles. The van der Waals surface area contributed by atoms with Crippen LogP contribution in [-0.2, 0) is 13.0 Å². The number of nitrogens with zero attached hydrogens (tertiary/aromatic N) is 2. The third-order valence-electron chi connectivity index (χ3n) is 4.91. The molecule has 4 rings (SSSR count). The van der Waals surface area contributed by atoms with E-state index in [9.17, 15) is 14.3 Å². The van der Waals surface area contributed by atoms with Crippen LogP contribution in [0.5, 0.6) is 5.75 Å². The van der Waals surface area contributed by atoms with Crippen LogP contribution >= 0.6 is 0 Å². The maximum Gasteiger partial charge on any atom is 0.193 e. The molecule has 0 radical (unpaired) electrons. The summed E-state index contributed by atoms with van der Waals surface area (Å²) in [6, 6.07) is 6.34. The number of rotatable bonds is 6. The topological polar surface area (TPSA) is 67.2 Å². The standard InChI is InChI=1S/C21H24FN3O2.C4H10.C3H6/c1-4-9-25-12-13(3)19(27)16-11-15(20(23-5-2)24-21(16)25)10-14-7-6-8-17(26)18(14)22;1-4(2)3;1-2-3-1/h6-8,11-12,26H,4-5,9-10H2,1-3H3,(H,23,24);4H,1-3H3;1-3H2. The minimum Gasteiger partial charge on any atom is -0.505 e. The summed E-state index contributed by atoms with van der Waals surface area (Å²) in [4.78, 5) is 17.4. The Balaban J connectivity index is 0.000000506. The van der Waals surface area contributed by atoms with Crippen molar-refractivity contribution in [3.63, 3.8) is 0 Å². The molecule has 2 N–H and O–H groups in total. The van der Waals surface area contributed by atoms with E-state index in [1.807, 2.05) is 17.7 Å². The molecule has 0 unspecified atom stereocenters. The van der Waals surface area contributed by atoms with E-state index in [0.717, 1.165) is 24.4 Å². The fraction of sp³-hybridized carbons (Fsp3) is 0.500. The van der Waals surface area contributed by atoms with Gasteiger partial charge in [0.1, 0.15) is 11.5 Å². The first-order valence-corrected chi connectivity index (χ1v) is 12.4. The number of aryl methyl sites for hydroxylation is 2. The molecule has 1 saturated carbocycles. The van der Waals surface area contributed by atoms with Gasteiger partial charge in [0.15, 0.2) is 17.0 Å². The van der Waals surface area contributed by atoms with E-state index in [0.29, 0.717) is 34.5 Å². The van der Waals surface area contributed by atoms with Gasteiger partial charge in [-0.1, -0.05) is 59.1 Å². The summed E-state index contributed by atoms with van der Waals surface area (Å²) < 4.78 is 16.3. The molecule has 34 heavy (non-hydrogen) atoms. The number of pyridine rings is 2. The molecule has 2 aromatic heterocycles. The van der Waals surface area contributed by atoms with Crippen molar-refractivity contribution in [3.8, 4) is 5.75 Å². The first kappa shape index (κ1) is 27.4. The Kier molecular flexibility index (Phi) is 10.6. The highest BCUT2D eigenvalue weighted by molar-refractivity contribution is 5.79. The van der Waals surface area contributed by atoms with Crippen LogP contribution in [-0.4, -0.2) is 21.2 Å². The lowest BCUT2D eigenvalue weighted by Gasteiger charge is -2.16. The summed E-state index contributed by atoms with van der Waals surface area (Å²) in [6.07, 6.45) is 7.49. The summed E-state index contributed by atoms with van der Waals surface area (Å²) in [5.41, 5.74) is 2.30. The van der Waals surface area contributed by atoms with Gasteiger partial charge < -0.3 is 15.0 Å². The van der Waals surface area contributed by atoms with Crippen molar-refractivity contribution in [1.29, 1.82) is 0 Å². The quantitative estimate of drug-likeness (QED) is 0.416. The maximum absolute atomic E-state index is 14.3. The number of phenols is 1. The Morgan fingerprint density at radius 2 is 1.79 bits per heavy atom. The van der Waals surface area contributed by atoms with Gasteiger partial charge in [0.05, 0.1) is 5.39 Å². The van der Waals surface area contributed by atoms with Gasteiger partial charge in [-0.15, -0.1) is 0 Å². The van der Waals surface area contributed by atoms with Crippen molar-refractivity contribution in [2.24, 2.45) is 5.92 Å². The van der Waals surface area contributed by atoms with Crippen molar-refractivity contribution >= 4 is 16.9 Å². The van der Waals surface area contributed by atoms with E-state index in [1.165, 1.54) is 25.3 Å². The number of nitrogens with one attached hydrogen (secondary N) is 1. The Morgan fingerprint density at radius 3 is 2.35 bits per heavy atom. The molecule has 186 valence electrons. The molecule has 0 amide bonds. The summed E-state index contributed by atoms with van der Waals surface area (Å²) in [6.45, 7) is 13.7. The van der Waals surface area contributed by atoms with Crippen LogP contribution in [0.4, 0.5) is 10.2 Å². The van der Waals surface area contributed by atoms with Crippen molar-refractivity contribution in [2.75, 3.05) is 11.9 Å². The van der Waals surface area contributed by atoms with Gasteiger partial charge in [-0.05, 0) is 49.4 Å². The molecule has 1 aliphatic carbocycles. The molecule has 0 spiro atoms. The predicted octanol–water partition coefficient (Wildman–Crippen LogP) is 6.81. The zero-order chi connectivity index (χ0) is 25.3. The number of benzene rings is 1. The molecule has 5 nitrogen and oxygen atoms in total. The zero-order valence-electron chi connectivity index (χ0n) is 21.5. The number of aromatic hydroxyl groups is 1. The Bertz CT molecular complexity index is 1130. The number of aromatic nitrogens is 2. The molecular formula is C28H40FN3O2. The first-order chi connectivity index (χ1) is 16.2. The number of hydrogen-bond acceptors (Lipinski definition) is 4. The first-order valence-electron chi connectivity index (χ1n) is 12.4. The van der Waals surface area contributed by atoms with E-state index in [2.05, 4.69) is 33.0 Å². The fourth-order valence-electron chi connectivity index (χ4n) is 3.27. The average molecular weight is 470 g/mol. The van der Waals surface area contributed by atoms with Crippen molar-refractivity contribution < 1.29 is 9.50 Å². The number of fused-ring (bicyclic) bond motifs is 1. The van der Waals surface area contributed by atoms with Crippen LogP contribution in [0.25, 0.3) is 11.0 Å². The Labute approximate surface area is 203 Å². The number of hydrogen-bond donors (Lipinski definition) is 2. The van der Waals surface area contributed by atoms with Crippen molar-refractivity contribution in [1.82, 2.24) is 9.55 Å². The average Bonchev–Trinajstić information content (AvgIpc) is 3.65. The molecule has 1 aromatic carbocycles. The van der Waals surface area contributed by atoms with E-state index in [4.69, 9.17) is 4.98 Å². The maximum atomic E-state index is 14.3. The van der Waals surface area contributed by atoms with Gasteiger partial charge in [0.2, 0.25) is 0 Å². The van der Waals surface area contributed by atoms with Crippen LogP contribution in [0.2, 0.25) is 0 Å². The third kappa shape index (κ3) is 7.86. The van der Waals surface area contributed by atoms with Crippen LogP contribution in [0.3, 0.4) is 0 Å². The van der Waals surface area contributed by atoms with E-state index < -0.39 is 5.82 Å². The van der Waals surface area contributed by atoms with Crippen molar-refractivity contribution in [2.45, 2.75) is 80.2 Å². The summed E-state index contributed by atoms with van der Waals surface area (Å²) in [5.74, 6) is 0.431. The molecule has 0 bridgehead atoms. The van der Waals surface area contributed by atoms with Crippen molar-refractivity contribution in [3.05, 3.63) is 63.2 Å². The number of phenolic OH excluding ortho intramolecular Hbond substituents is 1. The zero-order valence-corrected chi connectivity index (χ0v) is 21.5. The van der Waals surface area contributed by atoms with Crippen LogP contribution in [0, 0.1) is 18.7 Å². The van der Waals surface area contributed by atoms with Gasteiger partial charge in [0, 0.05) is 31.3 Å². The van der Waals surface area contributed by atoms with Crippen LogP contribution < -0.4 is 10.7 Å². The minimum absolute atomic E-state index is 0.0643. The van der Waals surface area contributed by atoms with Gasteiger partial charge in [-0.2, -0.15) is 0 Å². The van der Waals surface area contributed by atoms with Gasteiger partial charge in [0.25, 0.3) is 0 Å². The highest BCUT2D eigenvalue weighted by Gasteiger charge is 2.15. The minimum atomic E-state index is -0.646. The molecular weight excluding hydrogens is 429 g/mol. The highest BCUT2D eigenvalue weighted by Crippen LogP contribution is 2.26. The summed E-state index contributed by atoms with van der Waals surface area (Å²) in [5, 5.41) is 13.4. The second-order valence-electron chi connectivity index (χ2n) is 9.45. The van der Waals surface area contributed by atoms with Crippen LogP contribution in [0.1, 0.15) is 77.0 Å². The Morgan fingerprint density at radius 1 is 1.15 bits per heavy atom. The highest BCUT2D eigenvalue weighted by atomic mass is 19.1. The summed E-state index contributed by atoms with van der Waals surface area (Å²) in [7, 11) is 0. The monoisotopic (exact) mass is 469 g/mol. The molecule has 1 fully saturated rings. The second kappa shape index (κ2) is 13.1. The molecule has 0 atom stereocenters. The lowest BCUT2D eigenvalue weighted by atomic mass is 10.0. The molecule has 2 heterocycles. The SMILES string of the molecule is C1CC1.CC(C)C.CCCn1cc(C)c(=O)c2cc(Cc3cccc(O)c3F)c(NCC)nc21. The third-order valence-corrected chi connectivity index (χ3v) is 4.91. The summed E-state index contributed by atoms with van der Waals surface area (Å²) >= 11 is 0. The molecule has 3 aromatic rings. The fourth-order valence-corrected chi connectivity index (χ4v) is 3.27. The molecule has 0 aliphatic heterocycles. The van der Waals surface area contributed by atoms with Gasteiger partial charge >= 0.3 is 0 Å². The number of halogens is 1.